The van der Waals surface area contributed by atoms with Gasteiger partial charge in [-0.15, -0.1) is 0 Å². The van der Waals surface area contributed by atoms with Crippen LogP contribution in [0.1, 0.15) is 16.1 Å². The topological polar surface area (TPSA) is 39.2 Å². The molecule has 1 heterocycles. The van der Waals surface area contributed by atoms with E-state index in [0.717, 1.165) is 12.1 Å². The molecule has 3 nitrogen and oxygen atoms in total. The molecule has 0 saturated carbocycles. The highest BCUT2D eigenvalue weighted by atomic mass is 19.1. The predicted octanol–water partition coefficient (Wildman–Crippen LogP) is 2.60. The Balaban J connectivity index is 2.47. The summed E-state index contributed by atoms with van der Waals surface area (Å²) in [6.45, 7) is 0. The zero-order valence-corrected chi connectivity index (χ0v) is 9.48. The average Bonchev–Trinajstić information content (AvgIpc) is 2.36. The molecule has 0 N–H and O–H groups in total. The van der Waals surface area contributed by atoms with Gasteiger partial charge in [0.15, 0.2) is 5.69 Å². The fraction of sp³-hybridized carbons (Fsp3) is 0.0769. The van der Waals surface area contributed by atoms with Crippen LogP contribution in [0.25, 0.3) is 0 Å². The molecule has 0 aliphatic heterocycles. The second-order valence-corrected chi connectivity index (χ2v) is 3.54. The molecule has 1 aromatic heterocycles. The standard InChI is InChI=1S/C13H9F2NO2/c1-18-11-3-2-4-16-12(11)13(17)8-5-9(14)7-10(15)6-8/h2-7H,1H3. The number of carbonyl (C=O) groups is 1. The van der Waals surface area contributed by atoms with Crippen molar-refractivity contribution in [3.8, 4) is 5.75 Å². The summed E-state index contributed by atoms with van der Waals surface area (Å²) >= 11 is 0. The molecule has 2 rings (SSSR count). The molecule has 0 unspecified atom stereocenters. The van der Waals surface area contributed by atoms with Crippen LogP contribution >= 0.6 is 0 Å². The van der Waals surface area contributed by atoms with Crippen molar-refractivity contribution in [2.45, 2.75) is 0 Å². The van der Waals surface area contributed by atoms with Gasteiger partial charge in [-0.3, -0.25) is 4.79 Å². The summed E-state index contributed by atoms with van der Waals surface area (Å²) < 4.78 is 31.1. The van der Waals surface area contributed by atoms with Crippen molar-refractivity contribution in [1.29, 1.82) is 0 Å². The zero-order chi connectivity index (χ0) is 13.1. The molecule has 0 bridgehead atoms. The summed E-state index contributed by atoms with van der Waals surface area (Å²) in [6.07, 6.45) is 1.41. The predicted molar refractivity (Wildman–Crippen MR) is 60.6 cm³/mol. The van der Waals surface area contributed by atoms with E-state index in [1.165, 1.54) is 13.3 Å². The number of nitrogens with zero attached hydrogens (tertiary/aromatic N) is 1. The van der Waals surface area contributed by atoms with E-state index >= 15 is 0 Å². The SMILES string of the molecule is COc1cccnc1C(=O)c1cc(F)cc(F)c1. The van der Waals surface area contributed by atoms with Gasteiger partial charge in [0.05, 0.1) is 7.11 Å². The first-order chi connectivity index (χ1) is 8.61. The van der Waals surface area contributed by atoms with E-state index in [9.17, 15) is 13.6 Å². The molecule has 0 atom stereocenters. The molecule has 0 saturated heterocycles. The largest absolute Gasteiger partial charge is 0.494 e. The van der Waals surface area contributed by atoms with E-state index in [4.69, 9.17) is 4.74 Å². The quantitative estimate of drug-likeness (QED) is 0.785. The van der Waals surface area contributed by atoms with E-state index in [-0.39, 0.29) is 17.0 Å². The lowest BCUT2D eigenvalue weighted by atomic mass is 10.1. The number of ketones is 1. The van der Waals surface area contributed by atoms with Crippen molar-refractivity contribution in [2.75, 3.05) is 7.11 Å². The van der Waals surface area contributed by atoms with Gasteiger partial charge in [0.2, 0.25) is 5.78 Å². The van der Waals surface area contributed by atoms with Crippen molar-refractivity contribution in [1.82, 2.24) is 4.98 Å². The lowest BCUT2D eigenvalue weighted by molar-refractivity contribution is 0.103. The highest BCUT2D eigenvalue weighted by molar-refractivity contribution is 6.09. The van der Waals surface area contributed by atoms with E-state index < -0.39 is 17.4 Å². The minimum Gasteiger partial charge on any atom is -0.494 e. The molecule has 0 amide bonds. The smallest absolute Gasteiger partial charge is 0.215 e. The van der Waals surface area contributed by atoms with Gasteiger partial charge in [0, 0.05) is 17.8 Å². The number of rotatable bonds is 3. The van der Waals surface area contributed by atoms with Crippen molar-refractivity contribution < 1.29 is 18.3 Å². The molecule has 92 valence electrons. The lowest BCUT2D eigenvalue weighted by Crippen LogP contribution is -2.07. The van der Waals surface area contributed by atoms with Gasteiger partial charge in [0.25, 0.3) is 0 Å². The minimum atomic E-state index is -0.812. The third kappa shape index (κ3) is 2.34. The number of halogens is 2. The summed E-state index contributed by atoms with van der Waals surface area (Å²) in [4.78, 5) is 15.9. The highest BCUT2D eigenvalue weighted by Gasteiger charge is 2.17. The third-order valence-electron chi connectivity index (χ3n) is 2.33. The Morgan fingerprint density at radius 2 is 1.89 bits per heavy atom. The Morgan fingerprint density at radius 3 is 2.50 bits per heavy atom. The monoisotopic (exact) mass is 249 g/mol. The van der Waals surface area contributed by atoms with Crippen molar-refractivity contribution in [3.05, 3.63) is 59.4 Å². The number of methoxy groups -OCH3 is 1. The maximum atomic E-state index is 13.0. The first kappa shape index (κ1) is 12.2. The van der Waals surface area contributed by atoms with Gasteiger partial charge in [-0.1, -0.05) is 0 Å². The Bertz CT molecular complexity index is 579. The molecule has 0 spiro atoms. The van der Waals surface area contributed by atoms with Gasteiger partial charge in [0.1, 0.15) is 17.4 Å². The summed E-state index contributed by atoms with van der Waals surface area (Å²) in [7, 11) is 1.39. The zero-order valence-electron chi connectivity index (χ0n) is 9.48. The van der Waals surface area contributed by atoms with E-state index in [2.05, 4.69) is 4.98 Å². The first-order valence-electron chi connectivity index (χ1n) is 5.11. The van der Waals surface area contributed by atoms with Crippen LogP contribution in [0.3, 0.4) is 0 Å². The maximum Gasteiger partial charge on any atom is 0.215 e. The molecule has 18 heavy (non-hydrogen) atoms. The molecule has 1 aromatic carbocycles. The molecule has 0 aliphatic rings. The second kappa shape index (κ2) is 4.91. The Morgan fingerprint density at radius 1 is 1.22 bits per heavy atom. The Labute approximate surface area is 102 Å². The Kier molecular flexibility index (Phi) is 3.32. The number of aromatic nitrogens is 1. The molecule has 5 heteroatoms. The highest BCUT2D eigenvalue weighted by Crippen LogP contribution is 2.19. The fourth-order valence-electron chi connectivity index (χ4n) is 1.55. The normalized spacial score (nSPS) is 10.2. The number of pyridine rings is 1. The number of benzene rings is 1. The average molecular weight is 249 g/mol. The van der Waals surface area contributed by atoms with Crippen molar-refractivity contribution in [2.24, 2.45) is 0 Å². The van der Waals surface area contributed by atoms with E-state index in [0.29, 0.717) is 6.07 Å². The van der Waals surface area contributed by atoms with Crippen LogP contribution in [0, 0.1) is 11.6 Å². The fourth-order valence-corrected chi connectivity index (χ4v) is 1.55. The van der Waals surface area contributed by atoms with Crippen molar-refractivity contribution in [3.63, 3.8) is 0 Å². The van der Waals surface area contributed by atoms with Gasteiger partial charge in [-0.05, 0) is 24.3 Å². The first-order valence-corrected chi connectivity index (χ1v) is 5.11. The van der Waals surface area contributed by atoms with Crippen LogP contribution in [0.2, 0.25) is 0 Å². The van der Waals surface area contributed by atoms with Crippen LogP contribution < -0.4 is 4.74 Å². The molecular formula is C13H9F2NO2. The van der Waals surface area contributed by atoms with Gasteiger partial charge in [-0.2, -0.15) is 0 Å². The molecule has 2 aromatic rings. The van der Waals surface area contributed by atoms with Crippen LogP contribution in [-0.2, 0) is 0 Å². The van der Waals surface area contributed by atoms with Gasteiger partial charge in [-0.25, -0.2) is 13.8 Å². The Hall–Kier alpha value is -2.30. The lowest BCUT2D eigenvalue weighted by Gasteiger charge is -2.06. The summed E-state index contributed by atoms with van der Waals surface area (Å²) in [5.74, 6) is -1.96. The van der Waals surface area contributed by atoms with E-state index in [1.54, 1.807) is 12.1 Å². The van der Waals surface area contributed by atoms with Gasteiger partial charge < -0.3 is 4.74 Å². The molecular weight excluding hydrogens is 240 g/mol. The molecule has 0 fully saturated rings. The third-order valence-corrected chi connectivity index (χ3v) is 2.33. The summed E-state index contributed by atoms with van der Waals surface area (Å²) in [5.41, 5.74) is -0.0884. The van der Waals surface area contributed by atoms with Gasteiger partial charge >= 0.3 is 0 Å². The second-order valence-electron chi connectivity index (χ2n) is 3.54. The summed E-state index contributed by atoms with van der Waals surface area (Å²) in [5, 5.41) is 0. The number of carbonyl (C=O) groups excluding carboxylic acids is 1. The van der Waals surface area contributed by atoms with Crippen LogP contribution in [-0.4, -0.2) is 17.9 Å². The van der Waals surface area contributed by atoms with Crippen molar-refractivity contribution >= 4 is 5.78 Å². The number of hydrogen-bond donors (Lipinski definition) is 0. The number of ether oxygens (including phenoxy) is 1. The summed E-state index contributed by atoms with van der Waals surface area (Å²) in [6, 6.07) is 5.77. The van der Waals surface area contributed by atoms with Crippen LogP contribution in [0.15, 0.2) is 36.5 Å². The maximum absolute atomic E-state index is 13.0. The van der Waals surface area contributed by atoms with Crippen LogP contribution in [0.4, 0.5) is 8.78 Å². The minimum absolute atomic E-state index is 0.0185. The number of hydrogen-bond acceptors (Lipinski definition) is 3. The van der Waals surface area contributed by atoms with E-state index in [1.807, 2.05) is 0 Å². The molecule has 0 radical (unpaired) electrons. The van der Waals surface area contributed by atoms with Crippen LogP contribution in [0.5, 0.6) is 5.75 Å². The molecule has 0 aliphatic carbocycles.